The predicted molar refractivity (Wildman–Crippen MR) is 66.0 cm³/mol. The summed E-state index contributed by atoms with van der Waals surface area (Å²) in [4.78, 5) is 6.19. The fraction of sp³-hybridized carbons (Fsp3) is 0.308. The number of aromatic nitrogens is 1. The maximum Gasteiger partial charge on any atom is 0.118 e. The molecule has 0 atom stereocenters. The summed E-state index contributed by atoms with van der Waals surface area (Å²) >= 11 is 0. The Morgan fingerprint density at radius 3 is 2.47 bits per heavy atom. The first-order valence-electron chi connectivity index (χ1n) is 5.63. The van der Waals surface area contributed by atoms with E-state index in [1.54, 1.807) is 0 Å². The lowest BCUT2D eigenvalue weighted by atomic mass is 10.2. The molecular formula is C13H17N3O. The number of hydrogen-bond donors (Lipinski definition) is 1. The van der Waals surface area contributed by atoms with Crippen LogP contribution in [0.4, 0.5) is 0 Å². The molecule has 0 spiro atoms. The smallest absolute Gasteiger partial charge is 0.118 e. The van der Waals surface area contributed by atoms with E-state index in [0.717, 1.165) is 24.6 Å². The molecule has 0 amide bonds. The van der Waals surface area contributed by atoms with Crippen LogP contribution >= 0.6 is 0 Å². The Morgan fingerprint density at radius 1 is 1.12 bits per heavy atom. The molecule has 0 unspecified atom stereocenters. The molecule has 0 bridgehead atoms. The summed E-state index contributed by atoms with van der Waals surface area (Å²) in [7, 11) is 2.06. The van der Waals surface area contributed by atoms with E-state index in [9.17, 15) is 0 Å². The Balaban J connectivity index is 1.91. The minimum Gasteiger partial charge on any atom is -0.463 e. The number of furan rings is 1. The molecule has 0 aromatic carbocycles. The van der Waals surface area contributed by atoms with Gasteiger partial charge in [0.2, 0.25) is 0 Å². The van der Waals surface area contributed by atoms with Gasteiger partial charge in [-0.2, -0.15) is 0 Å². The van der Waals surface area contributed by atoms with Crippen molar-refractivity contribution in [2.75, 3.05) is 7.05 Å². The minimum atomic E-state index is 0.452. The van der Waals surface area contributed by atoms with Gasteiger partial charge in [0.05, 0.1) is 13.1 Å². The topological polar surface area (TPSA) is 55.3 Å². The standard InChI is InChI=1S/C13H17N3O/c1-16(9-11-4-6-15-7-5-11)10-13-3-2-12(8-14)17-13/h2-7H,8-10,14H2,1H3. The van der Waals surface area contributed by atoms with Gasteiger partial charge in [-0.05, 0) is 36.9 Å². The molecule has 2 aromatic rings. The molecule has 17 heavy (non-hydrogen) atoms. The van der Waals surface area contributed by atoms with Gasteiger partial charge in [0.25, 0.3) is 0 Å². The molecule has 4 nitrogen and oxygen atoms in total. The van der Waals surface area contributed by atoms with Gasteiger partial charge < -0.3 is 10.2 Å². The second-order valence-electron chi connectivity index (χ2n) is 4.10. The lowest BCUT2D eigenvalue weighted by Gasteiger charge is -2.14. The normalized spacial score (nSPS) is 11.0. The zero-order chi connectivity index (χ0) is 12.1. The molecule has 0 fully saturated rings. The van der Waals surface area contributed by atoms with Crippen LogP contribution in [0.1, 0.15) is 17.1 Å². The molecule has 2 N–H and O–H groups in total. The first-order valence-corrected chi connectivity index (χ1v) is 5.63. The Morgan fingerprint density at radius 2 is 1.82 bits per heavy atom. The second kappa shape index (κ2) is 5.61. The van der Waals surface area contributed by atoms with Crippen LogP contribution in [0, 0.1) is 0 Å². The summed E-state index contributed by atoms with van der Waals surface area (Å²) in [6.07, 6.45) is 3.62. The van der Waals surface area contributed by atoms with Crippen molar-refractivity contribution < 1.29 is 4.42 Å². The van der Waals surface area contributed by atoms with E-state index in [0.29, 0.717) is 6.54 Å². The third-order valence-corrected chi connectivity index (χ3v) is 2.55. The summed E-state index contributed by atoms with van der Waals surface area (Å²) in [6, 6.07) is 7.94. The van der Waals surface area contributed by atoms with Gasteiger partial charge in [0.15, 0.2) is 0 Å². The van der Waals surface area contributed by atoms with E-state index < -0.39 is 0 Å². The Bertz CT molecular complexity index is 453. The summed E-state index contributed by atoms with van der Waals surface area (Å²) in [5.41, 5.74) is 6.75. The molecule has 2 aromatic heterocycles. The van der Waals surface area contributed by atoms with Crippen molar-refractivity contribution in [3.05, 3.63) is 53.7 Å². The number of hydrogen-bond acceptors (Lipinski definition) is 4. The van der Waals surface area contributed by atoms with E-state index in [-0.39, 0.29) is 0 Å². The second-order valence-corrected chi connectivity index (χ2v) is 4.10. The van der Waals surface area contributed by atoms with Crippen LogP contribution in [0.3, 0.4) is 0 Å². The molecule has 0 radical (unpaired) electrons. The third kappa shape index (κ3) is 3.41. The minimum absolute atomic E-state index is 0.452. The van der Waals surface area contributed by atoms with Crippen molar-refractivity contribution >= 4 is 0 Å². The van der Waals surface area contributed by atoms with Crippen LogP contribution in [0.5, 0.6) is 0 Å². The first kappa shape index (κ1) is 11.8. The van der Waals surface area contributed by atoms with E-state index in [1.807, 2.05) is 36.7 Å². The van der Waals surface area contributed by atoms with Gasteiger partial charge in [-0.15, -0.1) is 0 Å². The highest BCUT2D eigenvalue weighted by atomic mass is 16.3. The van der Waals surface area contributed by atoms with Gasteiger partial charge in [-0.3, -0.25) is 9.88 Å². The van der Waals surface area contributed by atoms with Gasteiger partial charge >= 0.3 is 0 Å². The summed E-state index contributed by atoms with van der Waals surface area (Å²) in [5.74, 6) is 1.78. The largest absolute Gasteiger partial charge is 0.463 e. The number of pyridine rings is 1. The number of nitrogens with zero attached hydrogens (tertiary/aromatic N) is 2. The van der Waals surface area contributed by atoms with E-state index >= 15 is 0 Å². The van der Waals surface area contributed by atoms with Gasteiger partial charge in [-0.25, -0.2) is 0 Å². The molecule has 2 heterocycles. The molecular weight excluding hydrogens is 214 g/mol. The Labute approximate surface area is 101 Å². The molecule has 2 rings (SSSR count). The van der Waals surface area contributed by atoms with Crippen molar-refractivity contribution in [2.24, 2.45) is 5.73 Å². The average Bonchev–Trinajstić information content (AvgIpc) is 2.78. The van der Waals surface area contributed by atoms with Crippen LogP contribution in [0.25, 0.3) is 0 Å². The van der Waals surface area contributed by atoms with Crippen LogP contribution in [0.15, 0.2) is 41.1 Å². The molecule has 0 aliphatic rings. The fourth-order valence-corrected chi connectivity index (χ4v) is 1.74. The molecule has 0 saturated carbocycles. The molecule has 0 aliphatic carbocycles. The van der Waals surface area contributed by atoms with Gasteiger partial charge in [0, 0.05) is 18.9 Å². The molecule has 4 heteroatoms. The number of nitrogens with two attached hydrogens (primary N) is 1. The summed E-state index contributed by atoms with van der Waals surface area (Å²) in [5, 5.41) is 0. The quantitative estimate of drug-likeness (QED) is 0.852. The van der Waals surface area contributed by atoms with Crippen molar-refractivity contribution in [3.63, 3.8) is 0 Å². The lowest BCUT2D eigenvalue weighted by molar-refractivity contribution is 0.283. The molecule has 0 aliphatic heterocycles. The summed E-state index contributed by atoms with van der Waals surface area (Å²) in [6.45, 7) is 2.11. The highest BCUT2D eigenvalue weighted by molar-refractivity contribution is 5.10. The average molecular weight is 231 g/mol. The Hall–Kier alpha value is -1.65. The maximum absolute atomic E-state index is 5.56. The van der Waals surface area contributed by atoms with Crippen LogP contribution in [-0.4, -0.2) is 16.9 Å². The fourth-order valence-electron chi connectivity index (χ4n) is 1.74. The predicted octanol–water partition coefficient (Wildman–Crippen LogP) is 1.77. The van der Waals surface area contributed by atoms with Crippen LogP contribution in [0.2, 0.25) is 0 Å². The van der Waals surface area contributed by atoms with Gasteiger partial charge in [-0.1, -0.05) is 0 Å². The SMILES string of the molecule is CN(Cc1ccncc1)Cc1ccc(CN)o1. The Kier molecular flexibility index (Phi) is 3.90. The highest BCUT2D eigenvalue weighted by Gasteiger charge is 2.05. The zero-order valence-electron chi connectivity index (χ0n) is 9.97. The van der Waals surface area contributed by atoms with Crippen LogP contribution in [-0.2, 0) is 19.6 Å². The van der Waals surface area contributed by atoms with E-state index in [1.165, 1.54) is 5.56 Å². The van der Waals surface area contributed by atoms with E-state index in [4.69, 9.17) is 10.2 Å². The van der Waals surface area contributed by atoms with Gasteiger partial charge in [0.1, 0.15) is 11.5 Å². The number of rotatable bonds is 5. The zero-order valence-corrected chi connectivity index (χ0v) is 9.97. The lowest BCUT2D eigenvalue weighted by Crippen LogP contribution is -2.16. The molecule has 0 saturated heterocycles. The maximum atomic E-state index is 5.56. The first-order chi connectivity index (χ1) is 8.28. The van der Waals surface area contributed by atoms with Crippen molar-refractivity contribution in [2.45, 2.75) is 19.6 Å². The molecule has 90 valence electrons. The summed E-state index contributed by atoms with van der Waals surface area (Å²) < 4.78 is 5.56. The van der Waals surface area contributed by atoms with Crippen molar-refractivity contribution in [3.8, 4) is 0 Å². The van der Waals surface area contributed by atoms with Crippen LogP contribution < -0.4 is 5.73 Å². The monoisotopic (exact) mass is 231 g/mol. The third-order valence-electron chi connectivity index (χ3n) is 2.55. The van der Waals surface area contributed by atoms with Crippen molar-refractivity contribution in [1.29, 1.82) is 0 Å². The van der Waals surface area contributed by atoms with E-state index in [2.05, 4.69) is 16.9 Å². The highest BCUT2D eigenvalue weighted by Crippen LogP contribution is 2.11. The van der Waals surface area contributed by atoms with Crippen molar-refractivity contribution in [1.82, 2.24) is 9.88 Å².